The summed E-state index contributed by atoms with van der Waals surface area (Å²) in [7, 11) is -1.80. The van der Waals surface area contributed by atoms with E-state index < -0.39 is 22.6 Å². The minimum absolute atomic E-state index is 0. The third-order valence-corrected chi connectivity index (χ3v) is 4.73. The second kappa shape index (κ2) is 12.5. The highest BCUT2D eigenvalue weighted by molar-refractivity contribution is 14.0. The summed E-state index contributed by atoms with van der Waals surface area (Å²) in [4.78, 5) is 5.72. The first-order chi connectivity index (χ1) is 12.5. The summed E-state index contributed by atoms with van der Waals surface area (Å²) in [6.07, 6.45) is -2.40. The molecule has 0 unspecified atom stereocenters. The number of guanidine groups is 1. The van der Waals surface area contributed by atoms with Crippen molar-refractivity contribution in [2.75, 3.05) is 46.0 Å². The van der Waals surface area contributed by atoms with Gasteiger partial charge in [-0.2, -0.15) is 13.2 Å². The minimum atomic E-state index is -4.21. The van der Waals surface area contributed by atoms with Crippen molar-refractivity contribution in [1.29, 1.82) is 0 Å². The first-order valence-electron chi connectivity index (χ1n) is 8.57. The lowest BCUT2D eigenvalue weighted by Gasteiger charge is -2.18. The molecule has 0 aliphatic heterocycles. The van der Waals surface area contributed by atoms with E-state index in [-0.39, 0.29) is 42.0 Å². The molecule has 0 aromatic heterocycles. The van der Waals surface area contributed by atoms with E-state index in [1.54, 1.807) is 24.3 Å². The van der Waals surface area contributed by atoms with Crippen LogP contribution in [0.4, 0.5) is 13.2 Å². The Labute approximate surface area is 181 Å². The third-order valence-electron chi connectivity index (χ3n) is 3.60. The second-order valence-corrected chi connectivity index (χ2v) is 8.22. The number of sulfone groups is 1. The van der Waals surface area contributed by atoms with Crippen molar-refractivity contribution >= 4 is 39.8 Å². The van der Waals surface area contributed by atoms with Gasteiger partial charge in [0.15, 0.2) is 15.8 Å². The van der Waals surface area contributed by atoms with Crippen LogP contribution in [-0.4, -0.2) is 71.5 Å². The summed E-state index contributed by atoms with van der Waals surface area (Å²) in [5, 5.41) is 6.15. The number of nitrogens with zero attached hydrogens (tertiary/aromatic N) is 2. The van der Waals surface area contributed by atoms with Crippen molar-refractivity contribution in [3.63, 3.8) is 0 Å². The summed E-state index contributed by atoms with van der Waals surface area (Å²) in [6.45, 7) is 2.57. The van der Waals surface area contributed by atoms with E-state index >= 15 is 0 Å². The molecule has 0 amide bonds. The molecule has 0 saturated carbocycles. The van der Waals surface area contributed by atoms with E-state index in [4.69, 9.17) is 0 Å². The van der Waals surface area contributed by atoms with Crippen LogP contribution in [0, 0.1) is 0 Å². The molecule has 1 rings (SSSR count). The van der Waals surface area contributed by atoms with Crippen LogP contribution in [0.5, 0.6) is 0 Å². The highest BCUT2D eigenvalue weighted by Gasteiger charge is 2.28. The average molecular weight is 536 g/mol. The monoisotopic (exact) mass is 536 g/mol. The summed E-state index contributed by atoms with van der Waals surface area (Å²) < 4.78 is 59.8. The van der Waals surface area contributed by atoms with E-state index in [1.165, 1.54) is 11.9 Å². The number of alkyl halides is 3. The summed E-state index contributed by atoms with van der Waals surface area (Å²) in [6, 6.07) is 6.66. The van der Waals surface area contributed by atoms with Gasteiger partial charge >= 0.3 is 6.18 Å². The second-order valence-electron chi connectivity index (χ2n) is 6.21. The van der Waals surface area contributed by atoms with Crippen LogP contribution in [0.15, 0.2) is 34.2 Å². The minimum Gasteiger partial charge on any atom is -0.357 e. The van der Waals surface area contributed by atoms with Gasteiger partial charge in [-0.3, -0.25) is 9.89 Å². The fraction of sp³-hybridized carbons (Fsp3) is 0.588. The number of hydrogen-bond acceptors (Lipinski definition) is 4. The number of benzene rings is 1. The smallest absolute Gasteiger partial charge is 0.357 e. The van der Waals surface area contributed by atoms with Crippen LogP contribution in [0.1, 0.15) is 12.5 Å². The average Bonchev–Trinajstić information content (AvgIpc) is 2.53. The molecule has 1 aromatic rings. The molecular weight excluding hydrogens is 508 g/mol. The Kier molecular flexibility index (Phi) is 12.0. The topological polar surface area (TPSA) is 73.8 Å². The molecule has 6 nitrogen and oxygen atoms in total. The third kappa shape index (κ3) is 11.7. The Balaban J connectivity index is 0.00000729. The molecule has 162 valence electrons. The number of likely N-dealkylation sites (N-methyl/N-ethyl adjacent to an activating group) is 1. The largest absolute Gasteiger partial charge is 0.401 e. The summed E-state index contributed by atoms with van der Waals surface area (Å²) in [5.74, 6) is 0.533. The number of aliphatic imine (C=N–C) groups is 1. The fourth-order valence-electron chi connectivity index (χ4n) is 2.29. The van der Waals surface area contributed by atoms with Gasteiger partial charge in [-0.15, -0.1) is 24.0 Å². The van der Waals surface area contributed by atoms with E-state index in [2.05, 4.69) is 15.6 Å². The fourth-order valence-corrected chi connectivity index (χ4v) is 2.92. The Hall–Kier alpha value is -1.08. The van der Waals surface area contributed by atoms with Crippen molar-refractivity contribution < 1.29 is 21.6 Å². The quantitative estimate of drug-likeness (QED) is 0.288. The molecule has 0 fully saturated rings. The van der Waals surface area contributed by atoms with Gasteiger partial charge in [0, 0.05) is 25.9 Å². The molecule has 0 heterocycles. The summed E-state index contributed by atoms with van der Waals surface area (Å²) >= 11 is 0. The van der Waals surface area contributed by atoms with Gasteiger partial charge in [0.1, 0.15) is 0 Å². The predicted octanol–water partition coefficient (Wildman–Crippen LogP) is 2.30. The molecule has 0 atom stereocenters. The van der Waals surface area contributed by atoms with Gasteiger partial charge < -0.3 is 10.6 Å². The molecule has 28 heavy (non-hydrogen) atoms. The van der Waals surface area contributed by atoms with Gasteiger partial charge in [-0.05, 0) is 38.1 Å². The van der Waals surface area contributed by atoms with E-state index in [0.29, 0.717) is 25.5 Å². The number of hydrogen-bond donors (Lipinski definition) is 2. The van der Waals surface area contributed by atoms with Gasteiger partial charge in [0.25, 0.3) is 0 Å². The van der Waals surface area contributed by atoms with Crippen molar-refractivity contribution in [2.24, 2.45) is 4.99 Å². The highest BCUT2D eigenvalue weighted by Crippen LogP contribution is 2.15. The maximum atomic E-state index is 12.3. The van der Waals surface area contributed by atoms with E-state index in [1.807, 2.05) is 6.92 Å². The lowest BCUT2D eigenvalue weighted by Crippen LogP contribution is -2.39. The zero-order valence-corrected chi connectivity index (χ0v) is 19.4. The van der Waals surface area contributed by atoms with E-state index in [9.17, 15) is 21.6 Å². The van der Waals surface area contributed by atoms with Crippen LogP contribution in [-0.2, 0) is 16.3 Å². The standard InChI is InChI=1S/C17H27F3N4O2S.HI/c1-4-21-16(23-11-12-24(2)13-17(18,19)20)22-10-9-14-5-7-15(8-6-14)27(3,25)26;/h5-8H,4,9-13H2,1-3H3,(H2,21,22,23);1H. The van der Waals surface area contributed by atoms with Gasteiger partial charge in [0.05, 0.1) is 18.0 Å². The maximum Gasteiger partial charge on any atom is 0.401 e. The van der Waals surface area contributed by atoms with Gasteiger partial charge in [0.2, 0.25) is 0 Å². The van der Waals surface area contributed by atoms with Crippen LogP contribution >= 0.6 is 24.0 Å². The van der Waals surface area contributed by atoms with Gasteiger partial charge in [-0.1, -0.05) is 12.1 Å². The normalized spacial score (nSPS) is 12.6. The van der Waals surface area contributed by atoms with Crippen molar-refractivity contribution in [3.8, 4) is 0 Å². The highest BCUT2D eigenvalue weighted by atomic mass is 127. The molecule has 0 aliphatic carbocycles. The molecule has 0 saturated heterocycles. The predicted molar refractivity (Wildman–Crippen MR) is 116 cm³/mol. The zero-order valence-electron chi connectivity index (χ0n) is 16.2. The number of halogens is 4. The Bertz CT molecular complexity index is 710. The van der Waals surface area contributed by atoms with Crippen molar-refractivity contribution in [3.05, 3.63) is 29.8 Å². The molecule has 0 spiro atoms. The molecule has 11 heteroatoms. The number of nitrogens with one attached hydrogen (secondary N) is 2. The zero-order chi connectivity index (χ0) is 20.5. The van der Waals surface area contributed by atoms with Crippen LogP contribution in [0.3, 0.4) is 0 Å². The van der Waals surface area contributed by atoms with E-state index in [0.717, 1.165) is 11.8 Å². The maximum absolute atomic E-state index is 12.3. The SMILES string of the molecule is CCNC(=NCCN(C)CC(F)(F)F)NCCc1ccc(S(C)(=O)=O)cc1.I. The van der Waals surface area contributed by atoms with Gasteiger partial charge in [-0.25, -0.2) is 8.42 Å². The molecule has 0 bridgehead atoms. The molecule has 1 aromatic carbocycles. The Morgan fingerprint density at radius 1 is 1.18 bits per heavy atom. The van der Waals surface area contributed by atoms with Crippen molar-refractivity contribution in [2.45, 2.75) is 24.4 Å². The van der Waals surface area contributed by atoms with Crippen LogP contribution < -0.4 is 10.6 Å². The number of rotatable bonds is 9. The Morgan fingerprint density at radius 3 is 2.29 bits per heavy atom. The lowest BCUT2D eigenvalue weighted by atomic mass is 10.1. The summed E-state index contributed by atoms with van der Waals surface area (Å²) in [5.41, 5.74) is 0.968. The molecule has 0 radical (unpaired) electrons. The first kappa shape index (κ1) is 26.9. The van der Waals surface area contributed by atoms with Crippen LogP contribution in [0.2, 0.25) is 0 Å². The lowest BCUT2D eigenvalue weighted by molar-refractivity contribution is -0.142. The van der Waals surface area contributed by atoms with Crippen LogP contribution in [0.25, 0.3) is 0 Å². The van der Waals surface area contributed by atoms with Crippen molar-refractivity contribution in [1.82, 2.24) is 15.5 Å². The first-order valence-corrected chi connectivity index (χ1v) is 10.5. The Morgan fingerprint density at radius 2 is 1.79 bits per heavy atom. The molecule has 0 aliphatic rings. The molecular formula is C17H28F3IN4O2S. The molecule has 2 N–H and O–H groups in total.